The van der Waals surface area contributed by atoms with Crippen LogP contribution in [0.2, 0.25) is 0 Å². The molecule has 0 spiro atoms. The van der Waals surface area contributed by atoms with Gasteiger partial charge in [0, 0.05) is 7.11 Å². The molecule has 1 rings (SSSR count). The summed E-state index contributed by atoms with van der Waals surface area (Å²) in [7, 11) is 1.25. The number of alkyl halides is 4. The van der Waals surface area contributed by atoms with Crippen molar-refractivity contribution in [2.24, 2.45) is 0 Å². The van der Waals surface area contributed by atoms with E-state index in [1.165, 1.54) is 25.3 Å². The van der Waals surface area contributed by atoms with Crippen molar-refractivity contribution in [3.8, 4) is 11.5 Å². The highest BCUT2D eigenvalue weighted by Gasteiger charge is 2.32. The van der Waals surface area contributed by atoms with E-state index in [-0.39, 0.29) is 5.75 Å². The molecule has 0 aliphatic heterocycles. The van der Waals surface area contributed by atoms with Crippen LogP contribution < -0.4 is 9.47 Å². The third kappa shape index (κ3) is 4.16. The van der Waals surface area contributed by atoms with Gasteiger partial charge in [0.25, 0.3) is 5.75 Å². The van der Waals surface area contributed by atoms with Crippen molar-refractivity contribution in [2.75, 3.05) is 7.11 Å². The third-order valence-corrected chi connectivity index (χ3v) is 1.75. The molecule has 0 saturated heterocycles. The number of hydrogen-bond acceptors (Lipinski definition) is 3. The Labute approximate surface area is 94.7 Å². The first-order chi connectivity index (χ1) is 7.42. The Bertz CT molecular complexity index is 343. The number of rotatable bonds is 4. The Morgan fingerprint density at radius 3 is 2.25 bits per heavy atom. The normalized spacial score (nSPS) is 13.3. The first-order valence-electron chi connectivity index (χ1n) is 4.10. The lowest BCUT2D eigenvalue weighted by Gasteiger charge is -2.15. The van der Waals surface area contributed by atoms with E-state index >= 15 is 0 Å². The standard InChI is InChI=1S/C9H8ClF3O3/c1-14-8(10)15-6-4-2-3-5-7(6)16-9(11,12)13/h2-5,8H,1H3. The van der Waals surface area contributed by atoms with Crippen LogP contribution in [0.25, 0.3) is 0 Å². The zero-order chi connectivity index (χ0) is 12.2. The Morgan fingerprint density at radius 2 is 1.75 bits per heavy atom. The maximum Gasteiger partial charge on any atom is 0.573 e. The SMILES string of the molecule is COC(Cl)Oc1ccccc1OC(F)(F)F. The third-order valence-electron chi connectivity index (χ3n) is 1.48. The van der Waals surface area contributed by atoms with Crippen molar-refractivity contribution in [2.45, 2.75) is 12.1 Å². The zero-order valence-electron chi connectivity index (χ0n) is 8.12. The van der Waals surface area contributed by atoms with E-state index in [2.05, 4.69) is 9.47 Å². The van der Waals surface area contributed by atoms with Crippen molar-refractivity contribution in [1.29, 1.82) is 0 Å². The lowest BCUT2D eigenvalue weighted by atomic mass is 10.3. The van der Waals surface area contributed by atoms with Gasteiger partial charge < -0.3 is 14.2 Å². The molecule has 0 saturated carbocycles. The number of ether oxygens (including phenoxy) is 3. The van der Waals surface area contributed by atoms with Crippen molar-refractivity contribution in [3.05, 3.63) is 24.3 Å². The van der Waals surface area contributed by atoms with Gasteiger partial charge in [-0.2, -0.15) is 0 Å². The first-order valence-corrected chi connectivity index (χ1v) is 4.54. The van der Waals surface area contributed by atoms with Gasteiger partial charge in [-0.25, -0.2) is 0 Å². The van der Waals surface area contributed by atoms with E-state index in [1.54, 1.807) is 0 Å². The summed E-state index contributed by atoms with van der Waals surface area (Å²) in [5, 5.41) is 0. The second-order valence-electron chi connectivity index (χ2n) is 2.62. The minimum absolute atomic E-state index is 0.151. The molecule has 7 heteroatoms. The van der Waals surface area contributed by atoms with Gasteiger partial charge in [0.1, 0.15) is 0 Å². The van der Waals surface area contributed by atoms with Gasteiger partial charge in [0.2, 0.25) is 0 Å². The fraction of sp³-hybridized carbons (Fsp3) is 0.333. The van der Waals surface area contributed by atoms with Crippen LogP contribution in [0.1, 0.15) is 0 Å². The van der Waals surface area contributed by atoms with E-state index in [0.29, 0.717) is 0 Å². The predicted molar refractivity (Wildman–Crippen MR) is 50.4 cm³/mol. The van der Waals surface area contributed by atoms with E-state index in [9.17, 15) is 13.2 Å². The smallest absolute Gasteiger partial charge is 0.447 e. The Morgan fingerprint density at radius 1 is 1.19 bits per heavy atom. The minimum Gasteiger partial charge on any atom is -0.447 e. The summed E-state index contributed by atoms with van der Waals surface area (Å²) >= 11 is 5.46. The molecule has 1 unspecified atom stereocenters. The summed E-state index contributed by atoms with van der Waals surface area (Å²) in [5.74, 6) is -1.81. The van der Waals surface area contributed by atoms with Gasteiger partial charge in [-0.3, -0.25) is 0 Å². The number of methoxy groups -OCH3 is 1. The molecule has 0 aliphatic carbocycles. The lowest BCUT2D eigenvalue weighted by Crippen LogP contribution is -2.19. The summed E-state index contributed by atoms with van der Waals surface area (Å²) in [4.78, 5) is 0. The highest BCUT2D eigenvalue weighted by Crippen LogP contribution is 2.32. The van der Waals surface area contributed by atoms with E-state index in [4.69, 9.17) is 16.3 Å². The van der Waals surface area contributed by atoms with E-state index in [0.717, 1.165) is 6.07 Å². The van der Waals surface area contributed by atoms with Gasteiger partial charge in [-0.05, 0) is 23.7 Å². The van der Waals surface area contributed by atoms with Crippen LogP contribution in [0.15, 0.2) is 24.3 Å². The molecule has 0 radical (unpaired) electrons. The molecule has 16 heavy (non-hydrogen) atoms. The second-order valence-corrected chi connectivity index (χ2v) is 2.98. The highest BCUT2D eigenvalue weighted by atomic mass is 35.5. The summed E-state index contributed by atoms with van der Waals surface area (Å²) in [6, 6.07) is 5.26. The van der Waals surface area contributed by atoms with Crippen molar-refractivity contribution < 1.29 is 27.4 Å². The maximum absolute atomic E-state index is 12.0. The Kier molecular flexibility index (Phi) is 4.26. The van der Waals surface area contributed by atoms with Crippen LogP contribution in [0.3, 0.4) is 0 Å². The van der Waals surface area contributed by atoms with Gasteiger partial charge in [-0.1, -0.05) is 12.1 Å². The minimum atomic E-state index is -4.78. The van der Waals surface area contributed by atoms with Crippen LogP contribution >= 0.6 is 11.6 Å². The number of hydrogen-bond donors (Lipinski definition) is 0. The van der Waals surface area contributed by atoms with Crippen molar-refractivity contribution in [3.63, 3.8) is 0 Å². The van der Waals surface area contributed by atoms with E-state index < -0.39 is 17.9 Å². The van der Waals surface area contributed by atoms with Crippen LogP contribution in [-0.4, -0.2) is 19.2 Å². The first kappa shape index (κ1) is 12.9. The van der Waals surface area contributed by atoms with Crippen LogP contribution in [0.4, 0.5) is 13.2 Å². The molecule has 1 aromatic carbocycles. The average molecular weight is 257 g/mol. The van der Waals surface area contributed by atoms with E-state index in [1.807, 2.05) is 0 Å². The van der Waals surface area contributed by atoms with Gasteiger partial charge in [-0.15, -0.1) is 13.2 Å². The molecular formula is C9H8ClF3O3. The fourth-order valence-corrected chi connectivity index (χ4v) is 1.00. The fourth-order valence-electron chi connectivity index (χ4n) is 0.904. The summed E-state index contributed by atoms with van der Waals surface area (Å²) in [6.07, 6.45) is -4.78. The Hall–Kier alpha value is -1.14. The molecule has 0 aromatic heterocycles. The van der Waals surface area contributed by atoms with Gasteiger partial charge >= 0.3 is 6.36 Å². The topological polar surface area (TPSA) is 27.7 Å². The lowest BCUT2D eigenvalue weighted by molar-refractivity contribution is -0.275. The summed E-state index contributed by atoms with van der Waals surface area (Å²) in [5.41, 5.74) is 0. The molecule has 0 N–H and O–H groups in total. The second kappa shape index (κ2) is 5.27. The Balaban J connectivity index is 2.83. The molecule has 90 valence electrons. The molecule has 0 bridgehead atoms. The molecular weight excluding hydrogens is 249 g/mol. The average Bonchev–Trinajstić information content (AvgIpc) is 2.18. The van der Waals surface area contributed by atoms with Gasteiger partial charge in [0.05, 0.1) is 0 Å². The zero-order valence-corrected chi connectivity index (χ0v) is 8.88. The highest BCUT2D eigenvalue weighted by molar-refractivity contribution is 6.18. The molecule has 0 fully saturated rings. The maximum atomic E-state index is 12.0. The molecule has 0 aliphatic rings. The number of para-hydroxylation sites is 2. The quantitative estimate of drug-likeness (QED) is 0.612. The van der Waals surface area contributed by atoms with Crippen molar-refractivity contribution >= 4 is 11.6 Å². The van der Waals surface area contributed by atoms with Gasteiger partial charge in [0.15, 0.2) is 11.5 Å². The van der Waals surface area contributed by atoms with Crippen LogP contribution in [0.5, 0.6) is 11.5 Å². The summed E-state index contributed by atoms with van der Waals surface area (Å²) < 4.78 is 49.1. The molecule has 1 atom stereocenters. The molecule has 0 amide bonds. The number of halogens is 4. The monoisotopic (exact) mass is 256 g/mol. The largest absolute Gasteiger partial charge is 0.573 e. The summed E-state index contributed by atoms with van der Waals surface area (Å²) in [6.45, 7) is 0. The van der Waals surface area contributed by atoms with Crippen molar-refractivity contribution in [1.82, 2.24) is 0 Å². The van der Waals surface area contributed by atoms with Crippen LogP contribution in [0, 0.1) is 0 Å². The molecule has 0 heterocycles. The predicted octanol–water partition coefficient (Wildman–Crippen LogP) is 3.13. The number of benzene rings is 1. The molecule has 1 aromatic rings. The molecule has 3 nitrogen and oxygen atoms in total. The van der Waals surface area contributed by atoms with Crippen LogP contribution in [-0.2, 0) is 4.74 Å².